The predicted octanol–water partition coefficient (Wildman–Crippen LogP) is 3.02. The first kappa shape index (κ1) is 9.52. The molecule has 0 aromatic rings. The summed E-state index contributed by atoms with van der Waals surface area (Å²) in [6.07, 6.45) is 5.35. The molecule has 1 atom stereocenters. The lowest BCUT2D eigenvalue weighted by atomic mass is 9.73. The first-order valence-electron chi connectivity index (χ1n) is 4.25. The molecule has 0 radical (unpaired) electrons. The van der Waals surface area contributed by atoms with E-state index in [1.54, 1.807) is 0 Å². The van der Waals surface area contributed by atoms with Gasteiger partial charge in [0, 0.05) is 0 Å². The predicted molar refractivity (Wildman–Crippen MR) is 55.8 cm³/mol. The summed E-state index contributed by atoms with van der Waals surface area (Å²) in [4.78, 5) is 0. The van der Waals surface area contributed by atoms with E-state index >= 15 is 0 Å². The Morgan fingerprint density at radius 3 is 2.82 bits per heavy atom. The van der Waals surface area contributed by atoms with Gasteiger partial charge in [-0.25, -0.2) is 0 Å². The van der Waals surface area contributed by atoms with Gasteiger partial charge < -0.3 is 5.11 Å². The van der Waals surface area contributed by atoms with Gasteiger partial charge >= 0.3 is 0 Å². The molecule has 1 N–H and O–H groups in total. The Morgan fingerprint density at radius 1 is 1.73 bits per heavy atom. The lowest BCUT2D eigenvalue weighted by Crippen LogP contribution is -2.39. The quantitative estimate of drug-likeness (QED) is 0.778. The van der Waals surface area contributed by atoms with E-state index in [0.717, 1.165) is 25.7 Å². The van der Waals surface area contributed by atoms with Gasteiger partial charge in [0.2, 0.25) is 0 Å². The molecule has 1 saturated carbocycles. The highest BCUT2D eigenvalue weighted by atomic mass is 127. The fraction of sp³-hybridized carbons (Fsp3) is 0.778. The number of hydrogen-bond acceptors (Lipinski definition) is 1. The first-order valence-corrected chi connectivity index (χ1v) is 5.49. The summed E-state index contributed by atoms with van der Waals surface area (Å²) >= 11 is 2.22. The summed E-state index contributed by atoms with van der Waals surface area (Å²) < 4.78 is 2.04. The lowest BCUT2D eigenvalue weighted by molar-refractivity contribution is 0.0169. The Morgan fingerprint density at radius 2 is 2.45 bits per heavy atom. The Balaban J connectivity index is 2.41. The second-order valence-electron chi connectivity index (χ2n) is 3.27. The molecule has 0 aromatic heterocycles. The maximum absolute atomic E-state index is 9.93. The molecule has 2 heteroatoms. The molecule has 0 aliphatic heterocycles. The van der Waals surface area contributed by atoms with Crippen LogP contribution in [0.1, 0.15) is 39.0 Å². The van der Waals surface area contributed by atoms with Crippen molar-refractivity contribution in [2.75, 3.05) is 0 Å². The molecular weight excluding hydrogens is 251 g/mol. The van der Waals surface area contributed by atoms with Crippen LogP contribution in [0.5, 0.6) is 0 Å². The topological polar surface area (TPSA) is 20.2 Å². The smallest absolute Gasteiger partial charge is 0.0867 e. The molecule has 1 unspecified atom stereocenters. The Hall–Kier alpha value is 0.430. The molecule has 1 fully saturated rings. The van der Waals surface area contributed by atoms with Gasteiger partial charge in [-0.3, -0.25) is 0 Å². The number of hydrogen-bond donors (Lipinski definition) is 1. The van der Waals surface area contributed by atoms with Crippen LogP contribution in [0.25, 0.3) is 0 Å². The molecule has 0 heterocycles. The van der Waals surface area contributed by atoms with Crippen molar-refractivity contribution in [1.29, 1.82) is 0 Å². The van der Waals surface area contributed by atoms with Crippen molar-refractivity contribution >= 4 is 22.6 Å². The maximum Gasteiger partial charge on any atom is 0.0867 e. The average Bonchev–Trinajstić information content (AvgIpc) is 1.99. The summed E-state index contributed by atoms with van der Waals surface area (Å²) in [7, 11) is 0. The Bertz CT molecular complexity index is 165. The van der Waals surface area contributed by atoms with Gasteiger partial charge in [0.25, 0.3) is 0 Å². The van der Waals surface area contributed by atoms with Gasteiger partial charge in [-0.05, 0) is 28.9 Å². The second kappa shape index (κ2) is 3.90. The molecule has 0 bridgehead atoms. The van der Waals surface area contributed by atoms with Gasteiger partial charge in [-0.2, -0.15) is 0 Å². The van der Waals surface area contributed by atoms with E-state index < -0.39 is 5.60 Å². The molecule has 0 spiro atoms. The summed E-state index contributed by atoms with van der Waals surface area (Å²) in [6.45, 7) is 2.16. The van der Waals surface area contributed by atoms with E-state index in [1.807, 2.05) is 4.08 Å². The first-order chi connectivity index (χ1) is 5.23. The van der Waals surface area contributed by atoms with Crippen molar-refractivity contribution in [3.8, 4) is 0 Å². The SMILES string of the molecule is CCCCC1(O)CC/C1=C\I. The van der Waals surface area contributed by atoms with E-state index in [-0.39, 0.29) is 0 Å². The Labute approximate surface area is 82.0 Å². The van der Waals surface area contributed by atoms with Crippen molar-refractivity contribution in [2.45, 2.75) is 44.6 Å². The van der Waals surface area contributed by atoms with Gasteiger partial charge in [-0.15, -0.1) is 0 Å². The molecular formula is C9H15IO. The summed E-state index contributed by atoms with van der Waals surface area (Å²) in [5.41, 5.74) is 0.837. The highest BCUT2D eigenvalue weighted by Gasteiger charge is 2.38. The number of rotatable bonds is 3. The van der Waals surface area contributed by atoms with Crippen LogP contribution in [0.15, 0.2) is 9.66 Å². The van der Waals surface area contributed by atoms with Gasteiger partial charge in [-0.1, -0.05) is 42.4 Å². The maximum atomic E-state index is 9.93. The van der Waals surface area contributed by atoms with Gasteiger partial charge in [0.15, 0.2) is 0 Å². The number of halogens is 1. The summed E-state index contributed by atoms with van der Waals surface area (Å²) in [5.74, 6) is 0. The van der Waals surface area contributed by atoms with Crippen molar-refractivity contribution in [3.05, 3.63) is 9.66 Å². The fourth-order valence-corrected chi connectivity index (χ4v) is 2.36. The summed E-state index contributed by atoms with van der Waals surface area (Å²) in [5, 5.41) is 9.93. The van der Waals surface area contributed by atoms with Crippen LogP contribution < -0.4 is 0 Å². The highest BCUT2D eigenvalue weighted by Crippen LogP contribution is 2.42. The lowest BCUT2D eigenvalue weighted by Gasteiger charge is -2.39. The Kier molecular flexibility index (Phi) is 3.37. The zero-order valence-electron chi connectivity index (χ0n) is 6.94. The van der Waals surface area contributed by atoms with Gasteiger partial charge in [0.05, 0.1) is 5.60 Å². The number of unbranched alkanes of at least 4 members (excludes halogenated alkanes) is 1. The molecule has 1 aliphatic carbocycles. The van der Waals surface area contributed by atoms with Crippen LogP contribution in [-0.2, 0) is 0 Å². The normalized spacial score (nSPS) is 33.9. The minimum Gasteiger partial charge on any atom is -0.385 e. The monoisotopic (exact) mass is 266 g/mol. The molecule has 11 heavy (non-hydrogen) atoms. The second-order valence-corrected chi connectivity index (χ2v) is 3.89. The minimum absolute atomic E-state index is 0.406. The van der Waals surface area contributed by atoms with E-state index in [4.69, 9.17) is 0 Å². The molecule has 1 nitrogen and oxygen atoms in total. The standard InChI is InChI=1S/C9H15IO/c1-2-3-5-9(11)6-4-8(9)7-10/h7,11H,2-6H2,1H3/b8-7+. The van der Waals surface area contributed by atoms with E-state index in [2.05, 4.69) is 29.5 Å². The molecule has 64 valence electrons. The van der Waals surface area contributed by atoms with Crippen LogP contribution in [0.2, 0.25) is 0 Å². The highest BCUT2D eigenvalue weighted by molar-refractivity contribution is 14.1. The zero-order chi connectivity index (χ0) is 8.32. The van der Waals surface area contributed by atoms with Crippen molar-refractivity contribution in [2.24, 2.45) is 0 Å². The summed E-state index contributed by atoms with van der Waals surface area (Å²) in [6, 6.07) is 0. The minimum atomic E-state index is -0.406. The molecule has 0 aromatic carbocycles. The van der Waals surface area contributed by atoms with Crippen LogP contribution in [0.4, 0.5) is 0 Å². The number of aliphatic hydroxyl groups is 1. The van der Waals surface area contributed by atoms with Crippen molar-refractivity contribution in [3.63, 3.8) is 0 Å². The molecule has 0 amide bonds. The molecule has 0 saturated heterocycles. The third-order valence-electron chi connectivity index (χ3n) is 2.48. The molecule has 1 rings (SSSR count). The van der Waals surface area contributed by atoms with E-state index in [0.29, 0.717) is 0 Å². The largest absolute Gasteiger partial charge is 0.385 e. The van der Waals surface area contributed by atoms with Crippen LogP contribution in [0.3, 0.4) is 0 Å². The third-order valence-corrected chi connectivity index (χ3v) is 3.23. The van der Waals surface area contributed by atoms with Crippen LogP contribution in [0, 0.1) is 0 Å². The van der Waals surface area contributed by atoms with E-state index in [1.165, 1.54) is 12.0 Å². The van der Waals surface area contributed by atoms with E-state index in [9.17, 15) is 5.11 Å². The van der Waals surface area contributed by atoms with Crippen LogP contribution >= 0.6 is 22.6 Å². The van der Waals surface area contributed by atoms with Crippen LogP contribution in [-0.4, -0.2) is 10.7 Å². The van der Waals surface area contributed by atoms with Gasteiger partial charge in [0.1, 0.15) is 0 Å². The fourth-order valence-electron chi connectivity index (χ4n) is 1.47. The zero-order valence-corrected chi connectivity index (χ0v) is 9.10. The van der Waals surface area contributed by atoms with Crippen molar-refractivity contribution < 1.29 is 5.11 Å². The third kappa shape index (κ3) is 1.96. The molecule has 1 aliphatic rings. The average molecular weight is 266 g/mol. The van der Waals surface area contributed by atoms with Crippen molar-refractivity contribution in [1.82, 2.24) is 0 Å².